The molecule has 1 aliphatic carbocycles. The zero-order valence-electron chi connectivity index (χ0n) is 11.1. The average Bonchev–Trinajstić information content (AvgIpc) is 2.74. The van der Waals surface area contributed by atoms with Crippen LogP contribution < -0.4 is 5.32 Å². The first-order valence-electron chi connectivity index (χ1n) is 7.19. The van der Waals surface area contributed by atoms with Crippen LogP contribution in [0.1, 0.15) is 58.8 Å². The molecule has 0 bridgehead atoms. The largest absolute Gasteiger partial charge is 0.314 e. The summed E-state index contributed by atoms with van der Waals surface area (Å²) in [6.45, 7) is 5.75. The van der Waals surface area contributed by atoms with E-state index in [9.17, 15) is 0 Å². The lowest BCUT2D eigenvalue weighted by molar-refractivity contribution is 0.393. The van der Waals surface area contributed by atoms with Crippen LogP contribution in [0, 0.1) is 5.92 Å². The van der Waals surface area contributed by atoms with Gasteiger partial charge in [0.15, 0.2) is 0 Å². The summed E-state index contributed by atoms with van der Waals surface area (Å²) in [5.74, 6) is 3.73. The molecule has 1 aliphatic rings. The van der Waals surface area contributed by atoms with Crippen molar-refractivity contribution < 1.29 is 0 Å². The number of rotatable bonds is 9. The molecule has 1 N–H and O–H groups in total. The van der Waals surface area contributed by atoms with E-state index in [0.717, 1.165) is 12.0 Å². The van der Waals surface area contributed by atoms with Crippen molar-refractivity contribution in [3.05, 3.63) is 0 Å². The standard InChI is InChI=1S/C14H29NS/c1-3-5-11-16-12-9-13-7-6-8-14(13)15-10-4-2/h13-15H,3-12H2,1-2H3. The van der Waals surface area contributed by atoms with E-state index in [1.165, 1.54) is 63.0 Å². The summed E-state index contributed by atoms with van der Waals surface area (Å²) in [4.78, 5) is 0. The van der Waals surface area contributed by atoms with Crippen LogP contribution in [0.25, 0.3) is 0 Å². The monoisotopic (exact) mass is 243 g/mol. The summed E-state index contributed by atoms with van der Waals surface area (Å²) in [5.41, 5.74) is 0. The van der Waals surface area contributed by atoms with Crippen molar-refractivity contribution in [3.8, 4) is 0 Å². The highest BCUT2D eigenvalue weighted by Crippen LogP contribution is 2.29. The predicted molar refractivity (Wildman–Crippen MR) is 76.3 cm³/mol. The van der Waals surface area contributed by atoms with Crippen molar-refractivity contribution >= 4 is 11.8 Å². The molecule has 0 heterocycles. The van der Waals surface area contributed by atoms with Gasteiger partial charge < -0.3 is 5.32 Å². The molecule has 0 aliphatic heterocycles. The summed E-state index contributed by atoms with van der Waals surface area (Å²) in [5, 5.41) is 3.72. The topological polar surface area (TPSA) is 12.0 Å². The molecule has 1 nitrogen and oxygen atoms in total. The van der Waals surface area contributed by atoms with Crippen LogP contribution in [0.2, 0.25) is 0 Å². The van der Waals surface area contributed by atoms with Crippen molar-refractivity contribution in [2.45, 2.75) is 64.8 Å². The van der Waals surface area contributed by atoms with Gasteiger partial charge in [0.1, 0.15) is 0 Å². The Morgan fingerprint density at radius 1 is 1.12 bits per heavy atom. The Labute approximate surface area is 106 Å². The predicted octanol–water partition coefficient (Wildman–Crippen LogP) is 4.08. The first kappa shape index (κ1) is 14.4. The van der Waals surface area contributed by atoms with E-state index in [-0.39, 0.29) is 0 Å². The minimum atomic E-state index is 0.840. The SMILES string of the molecule is CCCCSCCC1CCCC1NCCC. The lowest BCUT2D eigenvalue weighted by Crippen LogP contribution is -2.33. The zero-order valence-corrected chi connectivity index (χ0v) is 12.0. The molecule has 2 atom stereocenters. The first-order chi connectivity index (χ1) is 7.88. The van der Waals surface area contributed by atoms with E-state index in [1.54, 1.807) is 0 Å². The Kier molecular flexibility index (Phi) is 8.40. The van der Waals surface area contributed by atoms with Crippen LogP contribution in [0.5, 0.6) is 0 Å². The summed E-state index contributed by atoms with van der Waals surface area (Å²) in [7, 11) is 0. The molecule has 0 aromatic heterocycles. The third-order valence-electron chi connectivity index (χ3n) is 3.59. The van der Waals surface area contributed by atoms with Gasteiger partial charge in [-0.05, 0) is 56.1 Å². The van der Waals surface area contributed by atoms with Gasteiger partial charge in [-0.2, -0.15) is 11.8 Å². The Morgan fingerprint density at radius 3 is 2.75 bits per heavy atom. The third-order valence-corrected chi connectivity index (χ3v) is 4.69. The van der Waals surface area contributed by atoms with Gasteiger partial charge in [0, 0.05) is 6.04 Å². The lowest BCUT2D eigenvalue weighted by Gasteiger charge is -2.20. The molecule has 1 rings (SSSR count). The van der Waals surface area contributed by atoms with Gasteiger partial charge in [0.2, 0.25) is 0 Å². The van der Waals surface area contributed by atoms with Gasteiger partial charge in [-0.1, -0.05) is 26.7 Å². The van der Waals surface area contributed by atoms with E-state index >= 15 is 0 Å². The van der Waals surface area contributed by atoms with Crippen molar-refractivity contribution in [2.24, 2.45) is 5.92 Å². The highest BCUT2D eigenvalue weighted by molar-refractivity contribution is 7.99. The molecule has 0 aromatic carbocycles. The quantitative estimate of drug-likeness (QED) is 0.612. The maximum absolute atomic E-state index is 3.72. The summed E-state index contributed by atoms with van der Waals surface area (Å²) in [6.07, 6.45) is 9.79. The fraction of sp³-hybridized carbons (Fsp3) is 1.00. The average molecular weight is 243 g/mol. The van der Waals surface area contributed by atoms with E-state index in [1.807, 2.05) is 0 Å². The number of hydrogen-bond acceptors (Lipinski definition) is 2. The minimum Gasteiger partial charge on any atom is -0.314 e. The van der Waals surface area contributed by atoms with Gasteiger partial charge >= 0.3 is 0 Å². The minimum absolute atomic E-state index is 0.840. The van der Waals surface area contributed by atoms with Gasteiger partial charge in [-0.3, -0.25) is 0 Å². The highest BCUT2D eigenvalue weighted by Gasteiger charge is 2.25. The second-order valence-electron chi connectivity index (χ2n) is 5.01. The molecule has 0 saturated heterocycles. The van der Waals surface area contributed by atoms with Crippen LogP contribution in [0.4, 0.5) is 0 Å². The zero-order chi connectivity index (χ0) is 11.6. The molecule has 1 fully saturated rings. The van der Waals surface area contributed by atoms with E-state index in [0.29, 0.717) is 0 Å². The maximum atomic E-state index is 3.72. The molecule has 2 heteroatoms. The normalized spacial score (nSPS) is 25.1. The first-order valence-corrected chi connectivity index (χ1v) is 8.35. The Bertz CT molecular complexity index is 161. The molecule has 0 amide bonds. The van der Waals surface area contributed by atoms with E-state index in [2.05, 4.69) is 30.9 Å². The van der Waals surface area contributed by atoms with Crippen molar-refractivity contribution in [3.63, 3.8) is 0 Å². The lowest BCUT2D eigenvalue weighted by atomic mass is 10.0. The van der Waals surface area contributed by atoms with Gasteiger partial charge in [-0.25, -0.2) is 0 Å². The maximum Gasteiger partial charge on any atom is 0.00956 e. The van der Waals surface area contributed by atoms with Crippen molar-refractivity contribution in [1.29, 1.82) is 0 Å². The Balaban J connectivity index is 2.05. The van der Waals surface area contributed by atoms with Crippen molar-refractivity contribution in [1.82, 2.24) is 5.32 Å². The van der Waals surface area contributed by atoms with Gasteiger partial charge in [-0.15, -0.1) is 0 Å². The van der Waals surface area contributed by atoms with Gasteiger partial charge in [0.05, 0.1) is 0 Å². The molecule has 1 saturated carbocycles. The molecule has 0 radical (unpaired) electrons. The second kappa shape index (κ2) is 9.35. The molecule has 0 aromatic rings. The van der Waals surface area contributed by atoms with E-state index < -0.39 is 0 Å². The molecule has 2 unspecified atom stereocenters. The molecule has 0 spiro atoms. The molecule has 16 heavy (non-hydrogen) atoms. The van der Waals surface area contributed by atoms with Crippen LogP contribution in [0.15, 0.2) is 0 Å². The fourth-order valence-corrected chi connectivity index (χ4v) is 3.73. The number of hydrogen-bond donors (Lipinski definition) is 1. The smallest absolute Gasteiger partial charge is 0.00956 e. The van der Waals surface area contributed by atoms with Crippen LogP contribution in [-0.4, -0.2) is 24.1 Å². The van der Waals surface area contributed by atoms with Crippen LogP contribution >= 0.6 is 11.8 Å². The Hall–Kier alpha value is 0.310. The summed E-state index contributed by atoms with van der Waals surface area (Å²) >= 11 is 2.16. The molecule has 96 valence electrons. The third kappa shape index (κ3) is 5.58. The number of thioether (sulfide) groups is 1. The summed E-state index contributed by atoms with van der Waals surface area (Å²) in [6, 6.07) is 0.840. The van der Waals surface area contributed by atoms with Crippen LogP contribution in [-0.2, 0) is 0 Å². The molecular weight excluding hydrogens is 214 g/mol. The van der Waals surface area contributed by atoms with E-state index in [4.69, 9.17) is 0 Å². The van der Waals surface area contributed by atoms with Crippen LogP contribution in [0.3, 0.4) is 0 Å². The number of unbranched alkanes of at least 4 members (excludes halogenated alkanes) is 1. The fourth-order valence-electron chi connectivity index (χ4n) is 2.56. The highest BCUT2D eigenvalue weighted by atomic mass is 32.2. The summed E-state index contributed by atoms with van der Waals surface area (Å²) < 4.78 is 0. The Morgan fingerprint density at radius 2 is 2.00 bits per heavy atom. The van der Waals surface area contributed by atoms with Gasteiger partial charge in [0.25, 0.3) is 0 Å². The second-order valence-corrected chi connectivity index (χ2v) is 6.23. The number of nitrogens with one attached hydrogen (secondary N) is 1. The van der Waals surface area contributed by atoms with Crippen molar-refractivity contribution in [2.75, 3.05) is 18.1 Å². The molecular formula is C14H29NS.